The van der Waals surface area contributed by atoms with Crippen LogP contribution >= 0.6 is 11.6 Å². The molecule has 1 unspecified atom stereocenters. The number of carboxylic acids is 1. The number of aliphatic imine (C=N–C) groups is 1. The van der Waals surface area contributed by atoms with Crippen LogP contribution in [0.15, 0.2) is 52.3 Å². The summed E-state index contributed by atoms with van der Waals surface area (Å²) in [6, 6.07) is 11.4. The summed E-state index contributed by atoms with van der Waals surface area (Å²) in [6.45, 7) is 0. The second-order valence-corrected chi connectivity index (χ2v) is 6.97. The van der Waals surface area contributed by atoms with Gasteiger partial charge in [-0.05, 0) is 35.9 Å². The highest BCUT2D eigenvalue weighted by atomic mass is 35.5. The van der Waals surface area contributed by atoms with E-state index in [9.17, 15) is 19.8 Å². The number of carbonyl (C=O) groups is 1. The molecule has 0 saturated heterocycles. The SMILES string of the molecule is N#Cc1ccc(C(C(=O)O)n2c(O)c(C=C3C=Nc4cc(Cl)ccc43)[nH]c2=O)cc1. The molecule has 0 radical (unpaired) electrons. The van der Waals surface area contributed by atoms with E-state index in [1.54, 1.807) is 24.4 Å². The fourth-order valence-corrected chi connectivity index (χ4v) is 3.44. The molecule has 0 amide bonds. The molecule has 148 valence electrons. The van der Waals surface area contributed by atoms with Crippen molar-refractivity contribution in [1.29, 1.82) is 5.26 Å². The van der Waals surface area contributed by atoms with Crippen molar-refractivity contribution in [2.75, 3.05) is 0 Å². The number of hydrogen-bond acceptors (Lipinski definition) is 5. The van der Waals surface area contributed by atoms with Gasteiger partial charge in [-0.1, -0.05) is 29.8 Å². The molecule has 3 N–H and O–H groups in total. The van der Waals surface area contributed by atoms with E-state index >= 15 is 0 Å². The number of nitriles is 1. The molecule has 0 spiro atoms. The van der Waals surface area contributed by atoms with Crippen molar-refractivity contribution in [3.8, 4) is 11.9 Å². The first-order chi connectivity index (χ1) is 14.4. The lowest BCUT2D eigenvalue weighted by Crippen LogP contribution is -2.28. The van der Waals surface area contributed by atoms with Gasteiger partial charge in [-0.2, -0.15) is 5.26 Å². The number of hydrogen-bond donors (Lipinski definition) is 3. The quantitative estimate of drug-likeness (QED) is 0.595. The summed E-state index contributed by atoms with van der Waals surface area (Å²) < 4.78 is 0.755. The number of nitrogens with zero attached hydrogens (tertiary/aromatic N) is 3. The average molecular weight is 421 g/mol. The van der Waals surface area contributed by atoms with Gasteiger partial charge in [0, 0.05) is 22.4 Å². The number of benzene rings is 2. The maximum atomic E-state index is 12.5. The fraction of sp³-hybridized carbons (Fsp3) is 0.0476. The molecule has 2 heterocycles. The molecule has 8 nitrogen and oxygen atoms in total. The minimum atomic E-state index is -1.48. The normalized spacial score (nSPS) is 14.5. The Balaban J connectivity index is 1.79. The van der Waals surface area contributed by atoms with Crippen LogP contribution in [0.3, 0.4) is 0 Å². The van der Waals surface area contributed by atoms with Gasteiger partial charge in [0.15, 0.2) is 6.04 Å². The molecule has 3 aromatic rings. The highest BCUT2D eigenvalue weighted by Gasteiger charge is 2.28. The van der Waals surface area contributed by atoms with E-state index < -0.39 is 23.6 Å². The van der Waals surface area contributed by atoms with Gasteiger partial charge in [0.2, 0.25) is 5.88 Å². The van der Waals surface area contributed by atoms with Crippen LogP contribution in [0.5, 0.6) is 5.88 Å². The Morgan fingerprint density at radius 2 is 2.00 bits per heavy atom. The van der Waals surface area contributed by atoms with E-state index in [0.717, 1.165) is 10.1 Å². The zero-order chi connectivity index (χ0) is 21.4. The lowest BCUT2D eigenvalue weighted by Gasteiger charge is -2.14. The molecule has 0 aliphatic carbocycles. The van der Waals surface area contributed by atoms with Crippen molar-refractivity contribution in [2.45, 2.75) is 6.04 Å². The third-order valence-corrected chi connectivity index (χ3v) is 4.93. The van der Waals surface area contributed by atoms with Crippen LogP contribution in [-0.2, 0) is 4.79 Å². The molecule has 0 saturated carbocycles. The minimum absolute atomic E-state index is 0.0455. The molecule has 4 rings (SSSR count). The molecule has 2 aromatic carbocycles. The van der Waals surface area contributed by atoms with Gasteiger partial charge in [-0.25, -0.2) is 14.2 Å². The fourth-order valence-electron chi connectivity index (χ4n) is 3.27. The smallest absolute Gasteiger partial charge is 0.331 e. The van der Waals surface area contributed by atoms with E-state index in [0.29, 0.717) is 21.8 Å². The van der Waals surface area contributed by atoms with Crippen LogP contribution in [0.4, 0.5) is 5.69 Å². The van der Waals surface area contributed by atoms with Gasteiger partial charge in [0.1, 0.15) is 5.69 Å². The summed E-state index contributed by atoms with van der Waals surface area (Å²) in [5.41, 5.74) is 1.87. The Hall–Kier alpha value is -4.09. The highest BCUT2D eigenvalue weighted by Crippen LogP contribution is 2.35. The number of aromatic nitrogens is 2. The third-order valence-electron chi connectivity index (χ3n) is 4.69. The second kappa shape index (κ2) is 7.39. The zero-order valence-electron chi connectivity index (χ0n) is 15.2. The Labute approximate surface area is 174 Å². The number of carboxylic acid groups (broad SMARTS) is 1. The van der Waals surface area contributed by atoms with Crippen molar-refractivity contribution >= 4 is 41.1 Å². The first kappa shape index (κ1) is 19.2. The monoisotopic (exact) mass is 420 g/mol. The third kappa shape index (κ3) is 3.27. The van der Waals surface area contributed by atoms with Crippen molar-refractivity contribution in [2.24, 2.45) is 4.99 Å². The molecule has 0 bridgehead atoms. The molecule has 1 aliphatic heterocycles. The molecular formula is C21H13ClN4O4. The Bertz CT molecular complexity index is 1330. The number of imidazole rings is 1. The van der Waals surface area contributed by atoms with Crippen LogP contribution in [0.1, 0.15) is 28.4 Å². The number of fused-ring (bicyclic) bond motifs is 1. The van der Waals surface area contributed by atoms with Gasteiger partial charge in [-0.15, -0.1) is 0 Å². The summed E-state index contributed by atoms with van der Waals surface area (Å²) in [6.07, 6.45) is 3.07. The molecule has 9 heteroatoms. The van der Waals surface area contributed by atoms with Crippen LogP contribution in [0, 0.1) is 11.3 Å². The van der Waals surface area contributed by atoms with Gasteiger partial charge in [0.05, 0.1) is 17.3 Å². The summed E-state index contributed by atoms with van der Waals surface area (Å²) >= 11 is 5.96. The maximum Gasteiger partial charge on any atom is 0.331 e. The maximum absolute atomic E-state index is 12.5. The Kier molecular flexibility index (Phi) is 4.74. The molecule has 1 aliphatic rings. The van der Waals surface area contributed by atoms with E-state index in [2.05, 4.69) is 9.98 Å². The number of aromatic amines is 1. The van der Waals surface area contributed by atoms with Crippen LogP contribution in [-0.4, -0.2) is 31.9 Å². The van der Waals surface area contributed by atoms with Crippen LogP contribution in [0.2, 0.25) is 5.02 Å². The Morgan fingerprint density at radius 1 is 1.27 bits per heavy atom. The number of nitrogens with one attached hydrogen (secondary N) is 1. The zero-order valence-corrected chi connectivity index (χ0v) is 16.0. The minimum Gasteiger partial charge on any atom is -0.493 e. The molecule has 30 heavy (non-hydrogen) atoms. The summed E-state index contributed by atoms with van der Waals surface area (Å²) in [5.74, 6) is -1.86. The van der Waals surface area contributed by atoms with Crippen molar-refractivity contribution in [3.63, 3.8) is 0 Å². The number of H-pyrrole nitrogens is 1. The van der Waals surface area contributed by atoms with Gasteiger partial charge in [0.25, 0.3) is 0 Å². The topological polar surface area (TPSA) is 131 Å². The number of rotatable bonds is 4. The summed E-state index contributed by atoms with van der Waals surface area (Å²) in [7, 11) is 0. The number of halogens is 1. The molecule has 1 aromatic heterocycles. The second-order valence-electron chi connectivity index (χ2n) is 6.53. The largest absolute Gasteiger partial charge is 0.493 e. The van der Waals surface area contributed by atoms with Gasteiger partial charge < -0.3 is 15.2 Å². The van der Waals surface area contributed by atoms with Crippen molar-refractivity contribution in [1.82, 2.24) is 9.55 Å². The Morgan fingerprint density at radius 3 is 2.67 bits per heavy atom. The van der Waals surface area contributed by atoms with E-state index in [-0.39, 0.29) is 11.3 Å². The summed E-state index contributed by atoms with van der Waals surface area (Å²) in [4.78, 5) is 31.2. The lowest BCUT2D eigenvalue weighted by atomic mass is 10.0. The predicted molar refractivity (Wildman–Crippen MR) is 111 cm³/mol. The highest BCUT2D eigenvalue weighted by molar-refractivity contribution is 6.31. The van der Waals surface area contributed by atoms with Crippen LogP contribution < -0.4 is 5.69 Å². The van der Waals surface area contributed by atoms with Crippen molar-refractivity contribution in [3.05, 3.63) is 80.4 Å². The number of aromatic hydroxyl groups is 1. The standard InChI is InChI=1S/C21H13ClN4O4/c22-14-5-6-15-13(10-24-16(15)8-14)7-17-19(27)26(21(30)25-17)18(20(28)29)12-3-1-11(9-23)2-4-12/h1-8,10,18,27H,(H,25,30)(H,28,29). The van der Waals surface area contributed by atoms with Gasteiger partial charge in [-0.3, -0.25) is 4.99 Å². The van der Waals surface area contributed by atoms with E-state index in [1.807, 2.05) is 6.07 Å². The van der Waals surface area contributed by atoms with Crippen molar-refractivity contribution < 1.29 is 15.0 Å². The number of allylic oxidation sites excluding steroid dienone is 1. The first-order valence-electron chi connectivity index (χ1n) is 8.71. The summed E-state index contributed by atoms with van der Waals surface area (Å²) in [5, 5.41) is 29.8. The van der Waals surface area contributed by atoms with Gasteiger partial charge >= 0.3 is 11.7 Å². The number of aliphatic carboxylic acids is 1. The molecule has 1 atom stereocenters. The van der Waals surface area contributed by atoms with E-state index in [1.165, 1.54) is 30.3 Å². The predicted octanol–water partition coefficient (Wildman–Crippen LogP) is 3.34. The lowest BCUT2D eigenvalue weighted by molar-refractivity contribution is -0.139. The van der Waals surface area contributed by atoms with Crippen LogP contribution in [0.25, 0.3) is 11.6 Å². The average Bonchev–Trinajstić information content (AvgIpc) is 3.24. The molecular weight excluding hydrogens is 408 g/mol. The molecule has 0 fully saturated rings. The van der Waals surface area contributed by atoms with E-state index in [4.69, 9.17) is 16.9 Å². The first-order valence-corrected chi connectivity index (χ1v) is 9.09.